The van der Waals surface area contributed by atoms with E-state index in [-0.39, 0.29) is 11.9 Å². The van der Waals surface area contributed by atoms with Gasteiger partial charge in [0, 0.05) is 31.4 Å². The van der Waals surface area contributed by atoms with Crippen LogP contribution in [0.4, 0.5) is 4.39 Å². The molecule has 0 radical (unpaired) electrons. The Balaban J connectivity index is 1.62. The van der Waals surface area contributed by atoms with Gasteiger partial charge in [-0.15, -0.1) is 0 Å². The van der Waals surface area contributed by atoms with E-state index < -0.39 is 0 Å². The van der Waals surface area contributed by atoms with Crippen LogP contribution in [-0.2, 0) is 11.3 Å². The molecule has 4 nitrogen and oxygen atoms in total. The summed E-state index contributed by atoms with van der Waals surface area (Å²) in [5.74, 6) is 0.418. The molecule has 0 saturated carbocycles. The second-order valence-electron chi connectivity index (χ2n) is 5.79. The first-order valence-electron chi connectivity index (χ1n) is 7.84. The second kappa shape index (κ2) is 7.53. The van der Waals surface area contributed by atoms with Crippen molar-refractivity contribution < 1.29 is 13.9 Å². The number of hydrogen-bond donors (Lipinski definition) is 0. The number of nitrogens with zero attached hydrogens (tertiary/aromatic N) is 2. The van der Waals surface area contributed by atoms with Crippen LogP contribution < -0.4 is 4.74 Å². The summed E-state index contributed by atoms with van der Waals surface area (Å²) >= 11 is 0. The molecule has 1 aliphatic rings. The molecule has 0 aliphatic carbocycles. The predicted molar refractivity (Wildman–Crippen MR) is 85.9 cm³/mol. The molecule has 2 aromatic rings. The summed E-state index contributed by atoms with van der Waals surface area (Å²) in [6, 6.07) is 12.4. The minimum absolute atomic E-state index is 0.0627. The van der Waals surface area contributed by atoms with E-state index in [1.54, 1.807) is 0 Å². The SMILES string of the molecule is Cc1cccc(OC2COCCN(Cc3ccc(F)cc3)C2)n1. The number of ether oxygens (including phenoxy) is 2. The molecule has 1 fully saturated rings. The van der Waals surface area contributed by atoms with E-state index in [9.17, 15) is 4.39 Å². The quantitative estimate of drug-likeness (QED) is 0.869. The van der Waals surface area contributed by atoms with Gasteiger partial charge < -0.3 is 9.47 Å². The van der Waals surface area contributed by atoms with Crippen LogP contribution in [0.25, 0.3) is 0 Å². The molecule has 1 aliphatic heterocycles. The lowest BCUT2D eigenvalue weighted by atomic mass is 10.2. The summed E-state index contributed by atoms with van der Waals surface area (Å²) in [5, 5.41) is 0. The van der Waals surface area contributed by atoms with Crippen molar-refractivity contribution in [3.63, 3.8) is 0 Å². The molecule has 3 rings (SSSR count). The zero-order valence-electron chi connectivity index (χ0n) is 13.2. The molecule has 1 saturated heterocycles. The van der Waals surface area contributed by atoms with Gasteiger partial charge in [-0.2, -0.15) is 0 Å². The first-order valence-corrected chi connectivity index (χ1v) is 7.84. The first-order chi connectivity index (χ1) is 11.2. The van der Waals surface area contributed by atoms with Crippen LogP contribution >= 0.6 is 0 Å². The van der Waals surface area contributed by atoms with Crippen molar-refractivity contribution in [2.24, 2.45) is 0 Å². The lowest BCUT2D eigenvalue weighted by Gasteiger charge is -2.23. The average molecular weight is 316 g/mol. The maximum atomic E-state index is 13.0. The van der Waals surface area contributed by atoms with Gasteiger partial charge in [0.15, 0.2) is 0 Å². The number of aromatic nitrogens is 1. The maximum absolute atomic E-state index is 13.0. The van der Waals surface area contributed by atoms with Crippen molar-refractivity contribution in [2.45, 2.75) is 19.6 Å². The molecule has 2 heterocycles. The third-order valence-electron chi connectivity index (χ3n) is 3.79. The number of halogens is 1. The normalized spacial score (nSPS) is 19.3. The van der Waals surface area contributed by atoms with Crippen molar-refractivity contribution in [3.05, 3.63) is 59.5 Å². The Morgan fingerprint density at radius 3 is 2.87 bits per heavy atom. The van der Waals surface area contributed by atoms with Crippen LogP contribution in [0, 0.1) is 12.7 Å². The highest BCUT2D eigenvalue weighted by atomic mass is 19.1. The number of aryl methyl sites for hydroxylation is 1. The average Bonchev–Trinajstić information content (AvgIpc) is 2.75. The lowest BCUT2D eigenvalue weighted by Crippen LogP contribution is -2.35. The van der Waals surface area contributed by atoms with Gasteiger partial charge in [0.2, 0.25) is 5.88 Å². The molecule has 23 heavy (non-hydrogen) atoms. The summed E-state index contributed by atoms with van der Waals surface area (Å²) in [6.45, 7) is 5.51. The van der Waals surface area contributed by atoms with Gasteiger partial charge in [-0.05, 0) is 30.7 Å². The highest BCUT2D eigenvalue weighted by Crippen LogP contribution is 2.14. The fourth-order valence-corrected chi connectivity index (χ4v) is 2.66. The molecule has 1 aromatic carbocycles. The highest BCUT2D eigenvalue weighted by molar-refractivity contribution is 5.16. The number of pyridine rings is 1. The molecule has 1 aromatic heterocycles. The number of rotatable bonds is 4. The third kappa shape index (κ3) is 4.74. The number of benzene rings is 1. The summed E-state index contributed by atoms with van der Waals surface area (Å²) in [6.07, 6.45) is -0.0627. The van der Waals surface area contributed by atoms with Crippen molar-refractivity contribution in [3.8, 4) is 5.88 Å². The Morgan fingerprint density at radius 2 is 2.09 bits per heavy atom. The summed E-state index contributed by atoms with van der Waals surface area (Å²) in [7, 11) is 0. The minimum Gasteiger partial charge on any atom is -0.471 e. The van der Waals surface area contributed by atoms with Gasteiger partial charge >= 0.3 is 0 Å². The van der Waals surface area contributed by atoms with E-state index in [2.05, 4.69) is 9.88 Å². The molecule has 1 atom stereocenters. The standard InChI is InChI=1S/C18H21FN2O2/c1-14-3-2-4-18(20-14)23-17-12-21(9-10-22-13-17)11-15-5-7-16(19)8-6-15/h2-8,17H,9-13H2,1H3. The van der Waals surface area contributed by atoms with E-state index in [4.69, 9.17) is 9.47 Å². The Bertz CT molecular complexity index is 633. The summed E-state index contributed by atoms with van der Waals surface area (Å²) < 4.78 is 24.6. The zero-order chi connectivity index (χ0) is 16.1. The van der Waals surface area contributed by atoms with Gasteiger partial charge in [-0.25, -0.2) is 9.37 Å². The summed E-state index contributed by atoms with van der Waals surface area (Å²) in [4.78, 5) is 6.64. The van der Waals surface area contributed by atoms with E-state index in [0.29, 0.717) is 19.1 Å². The van der Waals surface area contributed by atoms with Crippen LogP contribution in [0.3, 0.4) is 0 Å². The smallest absolute Gasteiger partial charge is 0.213 e. The molecule has 0 N–H and O–H groups in total. The molecular weight excluding hydrogens is 295 g/mol. The van der Waals surface area contributed by atoms with Crippen LogP contribution in [0.15, 0.2) is 42.5 Å². The second-order valence-corrected chi connectivity index (χ2v) is 5.79. The predicted octanol–water partition coefficient (Wildman–Crippen LogP) is 2.81. The zero-order valence-corrected chi connectivity index (χ0v) is 13.2. The molecule has 0 amide bonds. The van der Waals surface area contributed by atoms with Crippen molar-refractivity contribution in [1.82, 2.24) is 9.88 Å². The Kier molecular flexibility index (Phi) is 5.20. The fourth-order valence-electron chi connectivity index (χ4n) is 2.66. The molecule has 0 bridgehead atoms. The minimum atomic E-state index is -0.209. The van der Waals surface area contributed by atoms with Crippen molar-refractivity contribution in [1.29, 1.82) is 0 Å². The van der Waals surface area contributed by atoms with Gasteiger partial charge in [0.05, 0.1) is 13.2 Å². The molecule has 1 unspecified atom stereocenters. The van der Waals surface area contributed by atoms with Crippen molar-refractivity contribution >= 4 is 0 Å². The molecular formula is C18H21FN2O2. The van der Waals surface area contributed by atoms with Crippen LogP contribution in [0.1, 0.15) is 11.3 Å². The molecule has 122 valence electrons. The monoisotopic (exact) mass is 316 g/mol. The van der Waals surface area contributed by atoms with E-state index >= 15 is 0 Å². The van der Waals surface area contributed by atoms with Crippen LogP contribution in [0.2, 0.25) is 0 Å². The molecule has 0 spiro atoms. The van der Waals surface area contributed by atoms with Gasteiger partial charge in [0.25, 0.3) is 0 Å². The fraction of sp³-hybridized carbons (Fsp3) is 0.389. The Morgan fingerprint density at radius 1 is 1.26 bits per heavy atom. The topological polar surface area (TPSA) is 34.6 Å². The Hall–Kier alpha value is -1.98. The van der Waals surface area contributed by atoms with Gasteiger partial charge in [-0.3, -0.25) is 4.90 Å². The van der Waals surface area contributed by atoms with Crippen molar-refractivity contribution in [2.75, 3.05) is 26.3 Å². The third-order valence-corrected chi connectivity index (χ3v) is 3.79. The van der Waals surface area contributed by atoms with Gasteiger partial charge in [-0.1, -0.05) is 18.2 Å². The molecule has 5 heteroatoms. The first kappa shape index (κ1) is 15.9. The lowest BCUT2D eigenvalue weighted by molar-refractivity contribution is 0.0682. The van der Waals surface area contributed by atoms with Crippen LogP contribution in [-0.4, -0.2) is 42.3 Å². The summed E-state index contributed by atoms with van der Waals surface area (Å²) in [5.41, 5.74) is 2.01. The highest BCUT2D eigenvalue weighted by Gasteiger charge is 2.20. The van der Waals surface area contributed by atoms with E-state index in [0.717, 1.165) is 30.9 Å². The van der Waals surface area contributed by atoms with Crippen LogP contribution in [0.5, 0.6) is 5.88 Å². The maximum Gasteiger partial charge on any atom is 0.213 e. The number of hydrogen-bond acceptors (Lipinski definition) is 4. The largest absolute Gasteiger partial charge is 0.471 e. The van der Waals surface area contributed by atoms with E-state index in [1.807, 2.05) is 37.3 Å². The van der Waals surface area contributed by atoms with E-state index in [1.165, 1.54) is 12.1 Å². The Labute approximate surface area is 135 Å². The van der Waals surface area contributed by atoms with Gasteiger partial charge in [0.1, 0.15) is 11.9 Å².